The van der Waals surface area contributed by atoms with Gasteiger partial charge < -0.3 is 11.3 Å². The lowest BCUT2D eigenvalue weighted by Gasteiger charge is -1.69. The molecule has 0 bridgehead atoms. The lowest BCUT2D eigenvalue weighted by molar-refractivity contribution is 0.295. The van der Waals surface area contributed by atoms with E-state index >= 15 is 0 Å². The van der Waals surface area contributed by atoms with E-state index in [4.69, 9.17) is 22.6 Å². The van der Waals surface area contributed by atoms with Gasteiger partial charge in [0.2, 0.25) is 0 Å². The average molecular weight is 175 g/mol. The van der Waals surface area contributed by atoms with Crippen LogP contribution in [-0.4, -0.2) is 29.2 Å². The second kappa shape index (κ2) is 8.79. The second-order valence-corrected chi connectivity index (χ2v) is 2.07. The Bertz CT molecular complexity index is 120. The van der Waals surface area contributed by atoms with Crippen molar-refractivity contribution in [3.8, 4) is 0 Å². The van der Waals surface area contributed by atoms with Crippen molar-refractivity contribution in [1.82, 2.24) is 6.15 Å². The van der Waals surface area contributed by atoms with Crippen LogP contribution in [0.4, 0.5) is 0 Å². The van der Waals surface area contributed by atoms with Crippen molar-refractivity contribution in [1.29, 1.82) is 0 Å². The highest BCUT2D eigenvalue weighted by molar-refractivity contribution is 7.79. The molecular weight excluding hydrogens is 162 g/mol. The number of hydrogen-bond acceptors (Lipinski definition) is 4. The van der Waals surface area contributed by atoms with E-state index < -0.39 is 10.4 Å². The summed E-state index contributed by atoms with van der Waals surface area (Å²) in [6, 6.07) is 0. The quantitative estimate of drug-likeness (QED) is 0.411. The summed E-state index contributed by atoms with van der Waals surface area (Å²) in [7, 11) is -4.67. The zero-order valence-corrected chi connectivity index (χ0v) is 6.50. The topological polar surface area (TPSA) is 130 Å². The molecule has 6 N–H and O–H groups in total. The second-order valence-electron chi connectivity index (χ2n) is 1.17. The van der Waals surface area contributed by atoms with Gasteiger partial charge >= 0.3 is 10.4 Å². The van der Waals surface area contributed by atoms with Crippen LogP contribution in [0.15, 0.2) is 0 Å². The van der Waals surface area contributed by atoms with Crippen LogP contribution in [0.3, 0.4) is 0 Å². The standard InChI is InChI=1S/C3H8O.H3N.H2O4S/c1-2-3-4;;1-5(2,3)4/h4H,2-3H2,1H3;1H3;(H2,1,2,3,4). The molecule has 0 aliphatic carbocycles. The molecule has 0 atom stereocenters. The minimum absolute atomic E-state index is 0. The molecule has 0 fully saturated rings. The van der Waals surface area contributed by atoms with Crippen LogP contribution in [0.1, 0.15) is 13.3 Å². The van der Waals surface area contributed by atoms with Gasteiger partial charge in [-0.2, -0.15) is 8.42 Å². The van der Waals surface area contributed by atoms with E-state index in [2.05, 4.69) is 0 Å². The fraction of sp³-hybridized carbons (Fsp3) is 1.00. The van der Waals surface area contributed by atoms with E-state index in [0.29, 0.717) is 6.61 Å². The van der Waals surface area contributed by atoms with Crippen molar-refractivity contribution in [2.45, 2.75) is 13.3 Å². The van der Waals surface area contributed by atoms with Gasteiger partial charge in [-0.15, -0.1) is 0 Å². The van der Waals surface area contributed by atoms with Crippen LogP contribution in [-0.2, 0) is 10.4 Å². The van der Waals surface area contributed by atoms with Gasteiger partial charge in [-0.1, -0.05) is 6.92 Å². The Labute approximate surface area is 60.0 Å². The fourth-order valence-corrected chi connectivity index (χ4v) is 0. The first-order valence-corrected chi connectivity index (χ1v) is 3.62. The van der Waals surface area contributed by atoms with E-state index in [1.807, 2.05) is 6.92 Å². The van der Waals surface area contributed by atoms with Crippen LogP contribution < -0.4 is 6.15 Å². The summed E-state index contributed by atoms with van der Waals surface area (Å²) in [6.07, 6.45) is 0.875. The Morgan fingerprint density at radius 1 is 1.30 bits per heavy atom. The molecule has 66 valence electrons. The first-order valence-electron chi connectivity index (χ1n) is 2.22. The van der Waals surface area contributed by atoms with Crippen molar-refractivity contribution in [3.63, 3.8) is 0 Å². The Kier molecular flexibility index (Phi) is 14.4. The lowest BCUT2D eigenvalue weighted by atomic mass is 10.5. The molecule has 0 aromatic carbocycles. The van der Waals surface area contributed by atoms with Gasteiger partial charge in [0.25, 0.3) is 0 Å². The third-order valence-electron chi connectivity index (χ3n) is 0.224. The van der Waals surface area contributed by atoms with Crippen LogP contribution in [0.5, 0.6) is 0 Å². The van der Waals surface area contributed by atoms with E-state index in [-0.39, 0.29) is 6.15 Å². The van der Waals surface area contributed by atoms with Crippen LogP contribution in [0, 0.1) is 0 Å². The third kappa shape index (κ3) is 575. The molecule has 6 nitrogen and oxygen atoms in total. The Morgan fingerprint density at radius 3 is 1.40 bits per heavy atom. The number of aliphatic hydroxyl groups is 1. The third-order valence-corrected chi connectivity index (χ3v) is 0.224. The maximum atomic E-state index is 8.74. The number of rotatable bonds is 1. The van der Waals surface area contributed by atoms with Crippen LogP contribution in [0.25, 0.3) is 0 Å². The molecule has 0 saturated carbocycles. The van der Waals surface area contributed by atoms with Crippen LogP contribution >= 0.6 is 0 Å². The van der Waals surface area contributed by atoms with Crippen LogP contribution in [0.2, 0.25) is 0 Å². The summed E-state index contributed by atoms with van der Waals surface area (Å²) in [4.78, 5) is 0. The van der Waals surface area contributed by atoms with Crippen molar-refractivity contribution >= 4 is 10.4 Å². The molecule has 0 aromatic heterocycles. The molecule has 0 amide bonds. The highest BCUT2D eigenvalue weighted by atomic mass is 32.3. The summed E-state index contributed by atoms with van der Waals surface area (Å²) in [6.45, 7) is 2.25. The maximum Gasteiger partial charge on any atom is 0.394 e. The van der Waals surface area contributed by atoms with Gasteiger partial charge in [-0.3, -0.25) is 9.11 Å². The molecular formula is C3H13NO5S. The number of aliphatic hydroxyl groups excluding tert-OH is 1. The molecule has 0 heterocycles. The van der Waals surface area contributed by atoms with E-state index in [1.54, 1.807) is 0 Å². The molecule has 0 spiro atoms. The predicted molar refractivity (Wildman–Crippen MR) is 36.6 cm³/mol. The van der Waals surface area contributed by atoms with Crippen molar-refractivity contribution < 1.29 is 22.6 Å². The van der Waals surface area contributed by atoms with Gasteiger partial charge in [-0.25, -0.2) is 0 Å². The predicted octanol–water partition coefficient (Wildman–Crippen LogP) is -0.102. The van der Waals surface area contributed by atoms with Gasteiger partial charge in [0.1, 0.15) is 0 Å². The highest BCUT2D eigenvalue weighted by Gasteiger charge is 1.84. The van der Waals surface area contributed by atoms with Gasteiger partial charge in [0, 0.05) is 6.61 Å². The minimum atomic E-state index is -4.67. The molecule has 0 radical (unpaired) electrons. The minimum Gasteiger partial charge on any atom is -0.396 e. The Balaban J connectivity index is -0.0000000910. The summed E-state index contributed by atoms with van der Waals surface area (Å²) in [5.41, 5.74) is 0. The fourth-order valence-electron chi connectivity index (χ4n) is 0. The molecule has 0 unspecified atom stereocenters. The first kappa shape index (κ1) is 16.4. The lowest BCUT2D eigenvalue weighted by Crippen LogP contribution is -1.89. The summed E-state index contributed by atoms with van der Waals surface area (Å²) in [5, 5.41) is 7.88. The van der Waals surface area contributed by atoms with E-state index in [0.717, 1.165) is 6.42 Å². The summed E-state index contributed by atoms with van der Waals surface area (Å²) in [5.74, 6) is 0. The molecule has 10 heavy (non-hydrogen) atoms. The molecule has 0 aliphatic heterocycles. The molecule has 0 aromatic rings. The van der Waals surface area contributed by atoms with E-state index in [9.17, 15) is 0 Å². The summed E-state index contributed by atoms with van der Waals surface area (Å²) < 4.78 is 31.6. The van der Waals surface area contributed by atoms with Crippen molar-refractivity contribution in [3.05, 3.63) is 0 Å². The summed E-state index contributed by atoms with van der Waals surface area (Å²) >= 11 is 0. The smallest absolute Gasteiger partial charge is 0.394 e. The van der Waals surface area contributed by atoms with Crippen molar-refractivity contribution in [2.75, 3.05) is 6.61 Å². The SMILES string of the molecule is CCCO.N.O=S(=O)(O)O. The van der Waals surface area contributed by atoms with E-state index in [1.165, 1.54) is 0 Å². The zero-order valence-electron chi connectivity index (χ0n) is 5.69. The monoisotopic (exact) mass is 175 g/mol. The van der Waals surface area contributed by atoms with Gasteiger partial charge in [0.15, 0.2) is 0 Å². The molecule has 0 rings (SSSR count). The number of hydrogen-bond donors (Lipinski definition) is 4. The van der Waals surface area contributed by atoms with Gasteiger partial charge in [0.05, 0.1) is 0 Å². The highest BCUT2D eigenvalue weighted by Crippen LogP contribution is 1.61. The molecule has 7 heteroatoms. The molecule has 0 saturated heterocycles. The normalized spacial score (nSPS) is 8.80. The zero-order chi connectivity index (χ0) is 7.91. The Morgan fingerprint density at radius 2 is 1.40 bits per heavy atom. The van der Waals surface area contributed by atoms with Gasteiger partial charge in [-0.05, 0) is 6.42 Å². The Hall–Kier alpha value is -0.210. The average Bonchev–Trinajstić information content (AvgIpc) is 1.61. The first-order chi connectivity index (χ1) is 3.91. The molecule has 0 aliphatic rings. The largest absolute Gasteiger partial charge is 0.396 e. The van der Waals surface area contributed by atoms with Crippen molar-refractivity contribution in [2.24, 2.45) is 0 Å². The maximum absolute atomic E-state index is 8.74.